The van der Waals surface area contributed by atoms with Crippen molar-refractivity contribution in [1.29, 1.82) is 0 Å². The molecule has 1 saturated heterocycles. The Labute approximate surface area is 153 Å². The quantitative estimate of drug-likeness (QED) is 0.763. The molecular weight excluding hydrogens is 324 g/mol. The highest BCUT2D eigenvalue weighted by molar-refractivity contribution is 5.52. The van der Waals surface area contributed by atoms with Crippen LogP contribution in [0.1, 0.15) is 35.7 Å². The number of hydrogen-bond acceptors (Lipinski definition) is 5. The fraction of sp³-hybridized carbons (Fsp3) is 0.350. The van der Waals surface area contributed by atoms with Crippen LogP contribution < -0.4 is 5.32 Å². The first-order valence-electron chi connectivity index (χ1n) is 9.05. The number of hydrogen-bond donors (Lipinski definition) is 1. The summed E-state index contributed by atoms with van der Waals surface area (Å²) in [6, 6.07) is 10.7. The van der Waals surface area contributed by atoms with Crippen LogP contribution >= 0.6 is 0 Å². The predicted octanol–water partition coefficient (Wildman–Crippen LogP) is 3.60. The average molecular weight is 348 g/mol. The molecule has 0 saturated carbocycles. The lowest BCUT2D eigenvalue weighted by Gasteiger charge is -2.24. The highest BCUT2D eigenvalue weighted by atomic mass is 15.2. The molecule has 4 rings (SSSR count). The molecule has 3 aromatic rings. The Kier molecular flexibility index (Phi) is 4.67. The van der Waals surface area contributed by atoms with Crippen LogP contribution in [-0.2, 0) is 13.6 Å². The van der Waals surface area contributed by atoms with Gasteiger partial charge in [0.1, 0.15) is 11.6 Å². The van der Waals surface area contributed by atoms with E-state index in [4.69, 9.17) is 0 Å². The van der Waals surface area contributed by atoms with Crippen molar-refractivity contribution in [1.82, 2.24) is 24.6 Å². The molecule has 0 aliphatic carbocycles. The van der Waals surface area contributed by atoms with Crippen LogP contribution in [0.15, 0.2) is 48.9 Å². The summed E-state index contributed by atoms with van der Waals surface area (Å²) in [5, 5.41) is 7.61. The van der Waals surface area contributed by atoms with Gasteiger partial charge in [-0.1, -0.05) is 6.07 Å². The monoisotopic (exact) mass is 348 g/mol. The minimum Gasteiger partial charge on any atom is -0.325 e. The van der Waals surface area contributed by atoms with Gasteiger partial charge < -0.3 is 5.32 Å². The second-order valence-electron chi connectivity index (χ2n) is 6.91. The third-order valence-corrected chi connectivity index (χ3v) is 4.82. The summed E-state index contributed by atoms with van der Waals surface area (Å²) in [6.45, 7) is 4.04. The molecule has 0 radical (unpaired) electrons. The van der Waals surface area contributed by atoms with E-state index in [0.29, 0.717) is 6.04 Å². The zero-order chi connectivity index (χ0) is 17.9. The van der Waals surface area contributed by atoms with Gasteiger partial charge in [0.2, 0.25) is 0 Å². The van der Waals surface area contributed by atoms with Gasteiger partial charge >= 0.3 is 0 Å². The SMILES string of the molecule is Cc1cccc(Nc2cc(C3CCCN3Cc3cnn(C)c3)ccn2)n1. The summed E-state index contributed by atoms with van der Waals surface area (Å²) in [5.74, 6) is 1.67. The molecule has 1 unspecified atom stereocenters. The van der Waals surface area contributed by atoms with Gasteiger partial charge in [-0.3, -0.25) is 9.58 Å². The Bertz CT molecular complexity index is 887. The Morgan fingerprint density at radius 3 is 2.96 bits per heavy atom. The van der Waals surface area contributed by atoms with Crippen LogP contribution in [0.3, 0.4) is 0 Å². The molecule has 1 aliphatic rings. The zero-order valence-corrected chi connectivity index (χ0v) is 15.3. The van der Waals surface area contributed by atoms with Gasteiger partial charge in [0.25, 0.3) is 0 Å². The van der Waals surface area contributed by atoms with E-state index in [-0.39, 0.29) is 0 Å². The van der Waals surface area contributed by atoms with Crippen molar-refractivity contribution in [3.63, 3.8) is 0 Å². The maximum absolute atomic E-state index is 4.50. The number of likely N-dealkylation sites (tertiary alicyclic amines) is 1. The molecule has 1 N–H and O–H groups in total. The summed E-state index contributed by atoms with van der Waals surface area (Å²) in [5.41, 5.74) is 3.55. The van der Waals surface area contributed by atoms with Crippen molar-refractivity contribution in [3.05, 3.63) is 65.7 Å². The molecule has 6 nitrogen and oxygen atoms in total. The highest BCUT2D eigenvalue weighted by Crippen LogP contribution is 2.33. The Morgan fingerprint density at radius 2 is 2.15 bits per heavy atom. The molecule has 4 heterocycles. The van der Waals surface area contributed by atoms with E-state index in [1.165, 1.54) is 24.0 Å². The number of aryl methyl sites for hydroxylation is 2. The largest absolute Gasteiger partial charge is 0.325 e. The summed E-state index contributed by atoms with van der Waals surface area (Å²) in [6.07, 6.45) is 8.33. The van der Waals surface area contributed by atoms with Gasteiger partial charge in [0.05, 0.1) is 6.20 Å². The molecule has 0 aromatic carbocycles. The van der Waals surface area contributed by atoms with Gasteiger partial charge in [-0.05, 0) is 56.1 Å². The van der Waals surface area contributed by atoms with E-state index in [1.54, 1.807) is 0 Å². The zero-order valence-electron chi connectivity index (χ0n) is 15.3. The second kappa shape index (κ2) is 7.25. The van der Waals surface area contributed by atoms with Crippen molar-refractivity contribution in [3.8, 4) is 0 Å². The summed E-state index contributed by atoms with van der Waals surface area (Å²) < 4.78 is 1.86. The first-order chi connectivity index (χ1) is 12.7. The number of rotatable bonds is 5. The predicted molar refractivity (Wildman–Crippen MR) is 102 cm³/mol. The maximum Gasteiger partial charge on any atom is 0.131 e. The average Bonchev–Trinajstić information content (AvgIpc) is 3.24. The molecule has 134 valence electrons. The Hall–Kier alpha value is -2.73. The van der Waals surface area contributed by atoms with Crippen LogP contribution in [-0.4, -0.2) is 31.2 Å². The summed E-state index contributed by atoms with van der Waals surface area (Å²) in [4.78, 5) is 11.5. The number of nitrogens with zero attached hydrogens (tertiary/aromatic N) is 5. The molecule has 3 aromatic heterocycles. The van der Waals surface area contributed by atoms with E-state index in [1.807, 2.05) is 49.2 Å². The molecule has 1 atom stereocenters. The molecular formula is C20H24N6. The molecule has 0 bridgehead atoms. The van der Waals surface area contributed by atoms with Gasteiger partial charge in [-0.15, -0.1) is 0 Å². The number of aromatic nitrogens is 4. The van der Waals surface area contributed by atoms with Crippen LogP contribution in [0, 0.1) is 6.92 Å². The van der Waals surface area contributed by atoms with Crippen molar-refractivity contribution in [2.45, 2.75) is 32.4 Å². The van der Waals surface area contributed by atoms with E-state index in [9.17, 15) is 0 Å². The van der Waals surface area contributed by atoms with E-state index in [2.05, 4.69) is 43.6 Å². The van der Waals surface area contributed by atoms with Crippen molar-refractivity contribution >= 4 is 11.6 Å². The lowest BCUT2D eigenvalue weighted by Crippen LogP contribution is -2.22. The molecule has 1 fully saturated rings. The third-order valence-electron chi connectivity index (χ3n) is 4.82. The summed E-state index contributed by atoms with van der Waals surface area (Å²) in [7, 11) is 1.96. The first-order valence-corrected chi connectivity index (χ1v) is 9.05. The van der Waals surface area contributed by atoms with E-state index < -0.39 is 0 Å². The lowest BCUT2D eigenvalue weighted by atomic mass is 10.1. The van der Waals surface area contributed by atoms with Gasteiger partial charge in [-0.2, -0.15) is 5.10 Å². The van der Waals surface area contributed by atoms with E-state index in [0.717, 1.165) is 30.4 Å². The Balaban J connectivity index is 1.51. The van der Waals surface area contributed by atoms with Gasteiger partial charge in [0, 0.05) is 43.3 Å². The number of anilines is 2. The topological polar surface area (TPSA) is 58.9 Å². The van der Waals surface area contributed by atoms with Crippen molar-refractivity contribution in [2.24, 2.45) is 7.05 Å². The van der Waals surface area contributed by atoms with Crippen LogP contribution in [0.4, 0.5) is 11.6 Å². The third kappa shape index (κ3) is 3.75. The van der Waals surface area contributed by atoms with Crippen molar-refractivity contribution < 1.29 is 0 Å². The van der Waals surface area contributed by atoms with Crippen LogP contribution in [0.5, 0.6) is 0 Å². The smallest absolute Gasteiger partial charge is 0.131 e. The van der Waals surface area contributed by atoms with Crippen LogP contribution in [0.2, 0.25) is 0 Å². The van der Waals surface area contributed by atoms with Crippen molar-refractivity contribution in [2.75, 3.05) is 11.9 Å². The van der Waals surface area contributed by atoms with Gasteiger partial charge in [-0.25, -0.2) is 9.97 Å². The molecule has 0 spiro atoms. The van der Waals surface area contributed by atoms with Gasteiger partial charge in [0.15, 0.2) is 0 Å². The standard InChI is InChI=1S/C20H24N6/c1-15-5-3-7-19(23-15)24-20-11-17(8-9-21-20)18-6-4-10-26(18)14-16-12-22-25(2)13-16/h3,5,7-9,11-13,18H,4,6,10,14H2,1-2H3,(H,21,23,24). The fourth-order valence-electron chi connectivity index (χ4n) is 3.65. The fourth-order valence-corrected chi connectivity index (χ4v) is 3.65. The molecule has 1 aliphatic heterocycles. The van der Waals surface area contributed by atoms with Crippen LogP contribution in [0.25, 0.3) is 0 Å². The normalized spacial score (nSPS) is 17.5. The number of pyridine rings is 2. The molecule has 0 amide bonds. The molecule has 26 heavy (non-hydrogen) atoms. The number of nitrogens with one attached hydrogen (secondary N) is 1. The highest BCUT2D eigenvalue weighted by Gasteiger charge is 2.26. The summed E-state index contributed by atoms with van der Waals surface area (Å²) >= 11 is 0. The second-order valence-corrected chi connectivity index (χ2v) is 6.91. The lowest BCUT2D eigenvalue weighted by molar-refractivity contribution is 0.248. The minimum absolute atomic E-state index is 0.421. The Morgan fingerprint density at radius 1 is 1.23 bits per heavy atom. The van der Waals surface area contributed by atoms with E-state index >= 15 is 0 Å². The molecule has 6 heteroatoms. The minimum atomic E-state index is 0.421. The first kappa shape index (κ1) is 16.7. The maximum atomic E-state index is 4.50.